The summed E-state index contributed by atoms with van der Waals surface area (Å²) in [5, 5.41) is 3.89. The molecule has 2 aromatic carbocycles. The van der Waals surface area contributed by atoms with Gasteiger partial charge in [0.25, 0.3) is 5.89 Å². The normalized spacial score (nSPS) is 10.4. The van der Waals surface area contributed by atoms with Crippen molar-refractivity contribution in [3.63, 3.8) is 0 Å². The van der Waals surface area contributed by atoms with Crippen LogP contribution >= 0.6 is 0 Å². The van der Waals surface area contributed by atoms with Crippen molar-refractivity contribution in [3.05, 3.63) is 53.9 Å². The predicted octanol–water partition coefficient (Wildman–Crippen LogP) is 3.08. The van der Waals surface area contributed by atoms with Crippen molar-refractivity contribution in [2.45, 2.75) is 13.5 Å². The van der Waals surface area contributed by atoms with Crippen LogP contribution in [0, 0.1) is 0 Å². The fourth-order valence-electron chi connectivity index (χ4n) is 2.54. The summed E-state index contributed by atoms with van der Waals surface area (Å²) in [4.78, 5) is 27.5. The smallest absolute Gasteiger partial charge is 0.344 e. The van der Waals surface area contributed by atoms with Crippen LogP contribution in [-0.4, -0.2) is 42.7 Å². The minimum atomic E-state index is -0.620. The van der Waals surface area contributed by atoms with E-state index in [2.05, 4.69) is 10.1 Å². The second kappa shape index (κ2) is 9.55. The molecule has 1 aromatic heterocycles. The van der Waals surface area contributed by atoms with Crippen molar-refractivity contribution in [1.82, 2.24) is 10.1 Å². The molecule has 0 aliphatic heterocycles. The molecule has 0 atom stereocenters. The molecular formula is C21H20N2O7. The number of carbonyl (C=O) groups is 2. The number of nitrogens with zero attached hydrogens (tertiary/aromatic N) is 2. The van der Waals surface area contributed by atoms with Crippen LogP contribution in [0.5, 0.6) is 17.2 Å². The van der Waals surface area contributed by atoms with E-state index >= 15 is 0 Å². The monoisotopic (exact) mass is 412 g/mol. The maximum absolute atomic E-state index is 11.9. The van der Waals surface area contributed by atoms with E-state index in [4.69, 9.17) is 23.5 Å². The number of hydrogen-bond donors (Lipinski definition) is 0. The quantitative estimate of drug-likeness (QED) is 0.387. The van der Waals surface area contributed by atoms with Gasteiger partial charge in [-0.05, 0) is 31.2 Å². The van der Waals surface area contributed by atoms with Gasteiger partial charge in [0.05, 0.1) is 19.8 Å². The lowest BCUT2D eigenvalue weighted by Gasteiger charge is -2.07. The molecule has 9 nitrogen and oxygen atoms in total. The van der Waals surface area contributed by atoms with Crippen molar-refractivity contribution in [2.24, 2.45) is 0 Å². The van der Waals surface area contributed by atoms with Crippen LogP contribution in [0.25, 0.3) is 11.4 Å². The Morgan fingerprint density at radius 1 is 1.03 bits per heavy atom. The molecule has 0 amide bonds. The van der Waals surface area contributed by atoms with Crippen molar-refractivity contribution in [2.75, 3.05) is 20.8 Å². The summed E-state index contributed by atoms with van der Waals surface area (Å²) in [7, 11) is 3.08. The summed E-state index contributed by atoms with van der Waals surface area (Å²) < 4.78 is 26.1. The predicted molar refractivity (Wildman–Crippen MR) is 105 cm³/mol. The van der Waals surface area contributed by atoms with Gasteiger partial charge in [-0.15, -0.1) is 0 Å². The summed E-state index contributed by atoms with van der Waals surface area (Å²) in [5.74, 6) is 1.23. The Balaban J connectivity index is 1.56. The molecule has 0 unspecified atom stereocenters. The van der Waals surface area contributed by atoms with Crippen molar-refractivity contribution >= 4 is 11.8 Å². The Bertz CT molecular complexity index is 1050. The van der Waals surface area contributed by atoms with Crippen LogP contribution in [0.15, 0.2) is 47.0 Å². The van der Waals surface area contributed by atoms with Crippen molar-refractivity contribution < 1.29 is 33.1 Å². The molecular weight excluding hydrogens is 392 g/mol. The van der Waals surface area contributed by atoms with E-state index in [1.165, 1.54) is 14.0 Å². The van der Waals surface area contributed by atoms with Gasteiger partial charge in [0, 0.05) is 11.6 Å². The molecule has 156 valence electrons. The van der Waals surface area contributed by atoms with E-state index in [9.17, 15) is 9.59 Å². The van der Waals surface area contributed by atoms with Gasteiger partial charge < -0.3 is 23.5 Å². The van der Waals surface area contributed by atoms with Gasteiger partial charge >= 0.3 is 5.97 Å². The number of benzene rings is 2. The molecule has 0 spiro atoms. The van der Waals surface area contributed by atoms with Gasteiger partial charge in [-0.25, -0.2) is 4.79 Å². The molecule has 9 heteroatoms. The summed E-state index contributed by atoms with van der Waals surface area (Å²) >= 11 is 0. The number of esters is 1. The van der Waals surface area contributed by atoms with Gasteiger partial charge in [0.2, 0.25) is 5.82 Å². The number of hydrogen-bond acceptors (Lipinski definition) is 9. The third kappa shape index (κ3) is 5.13. The van der Waals surface area contributed by atoms with Gasteiger partial charge in [-0.3, -0.25) is 4.79 Å². The summed E-state index contributed by atoms with van der Waals surface area (Å²) in [6.45, 7) is 0.920. The van der Waals surface area contributed by atoms with Gasteiger partial charge in [0.1, 0.15) is 17.2 Å². The molecule has 0 saturated carbocycles. The van der Waals surface area contributed by atoms with E-state index in [0.717, 1.165) is 0 Å². The van der Waals surface area contributed by atoms with Crippen LogP contribution in [0.1, 0.15) is 23.2 Å². The third-order valence-corrected chi connectivity index (χ3v) is 4.07. The fraction of sp³-hybridized carbons (Fsp3) is 0.238. The molecule has 30 heavy (non-hydrogen) atoms. The lowest BCUT2D eigenvalue weighted by molar-refractivity contribution is -0.148. The molecule has 0 bridgehead atoms. The van der Waals surface area contributed by atoms with Crippen LogP contribution in [0.2, 0.25) is 0 Å². The first-order valence-corrected chi connectivity index (χ1v) is 8.94. The number of Topliss-reactive ketones (excluding diaryl/α,β-unsaturated/α-hetero) is 1. The molecule has 0 radical (unpaired) electrons. The zero-order chi connectivity index (χ0) is 21.5. The molecule has 3 rings (SSSR count). The summed E-state index contributed by atoms with van der Waals surface area (Å²) in [5.41, 5.74) is 1.10. The summed E-state index contributed by atoms with van der Waals surface area (Å²) in [6.07, 6.45) is 0. The first-order chi connectivity index (χ1) is 14.5. The van der Waals surface area contributed by atoms with Crippen LogP contribution in [0.4, 0.5) is 0 Å². The molecule has 0 aliphatic carbocycles. The maximum atomic E-state index is 11.9. The second-order valence-corrected chi connectivity index (χ2v) is 6.11. The first kappa shape index (κ1) is 20.8. The highest BCUT2D eigenvalue weighted by atomic mass is 16.6. The summed E-state index contributed by atoms with van der Waals surface area (Å²) in [6, 6.07) is 11.7. The molecule has 3 aromatic rings. The van der Waals surface area contributed by atoms with Crippen molar-refractivity contribution in [1.29, 1.82) is 0 Å². The Kier molecular flexibility index (Phi) is 6.63. The SMILES string of the molecule is COc1ccc(-c2noc(COC(=O)COc3cccc(C(C)=O)c3)n2)c(OC)c1. The van der Waals surface area contributed by atoms with Gasteiger partial charge in [-0.1, -0.05) is 17.3 Å². The topological polar surface area (TPSA) is 110 Å². The molecule has 0 saturated heterocycles. The number of methoxy groups -OCH3 is 2. The van der Waals surface area contributed by atoms with Crippen molar-refractivity contribution in [3.8, 4) is 28.6 Å². The average Bonchev–Trinajstić information content (AvgIpc) is 3.24. The minimum Gasteiger partial charge on any atom is -0.497 e. The van der Waals surface area contributed by atoms with E-state index in [-0.39, 0.29) is 30.7 Å². The molecule has 0 N–H and O–H groups in total. The standard InChI is InChI=1S/C21H20N2O7/c1-13(24)14-5-4-6-16(9-14)28-12-20(25)29-11-19-22-21(23-30-19)17-8-7-15(26-2)10-18(17)27-3/h4-10H,11-12H2,1-3H3. The number of aromatic nitrogens is 2. The highest BCUT2D eigenvalue weighted by molar-refractivity contribution is 5.94. The zero-order valence-corrected chi connectivity index (χ0v) is 16.7. The highest BCUT2D eigenvalue weighted by Gasteiger charge is 2.16. The minimum absolute atomic E-state index is 0.0938. The number of ether oxygens (including phenoxy) is 4. The van der Waals surface area contributed by atoms with Crippen LogP contribution in [-0.2, 0) is 16.1 Å². The van der Waals surface area contributed by atoms with Gasteiger partial charge in [0.15, 0.2) is 19.0 Å². The Morgan fingerprint density at radius 3 is 2.60 bits per heavy atom. The fourth-order valence-corrected chi connectivity index (χ4v) is 2.54. The molecule has 0 aliphatic rings. The van der Waals surface area contributed by atoms with E-state index in [1.54, 1.807) is 49.6 Å². The zero-order valence-electron chi connectivity index (χ0n) is 16.7. The average molecular weight is 412 g/mol. The number of carbonyl (C=O) groups excluding carboxylic acids is 2. The molecule has 0 fully saturated rings. The van der Waals surface area contributed by atoms with Crippen LogP contribution in [0.3, 0.4) is 0 Å². The lowest BCUT2D eigenvalue weighted by atomic mass is 10.1. The second-order valence-electron chi connectivity index (χ2n) is 6.11. The van der Waals surface area contributed by atoms with Crippen LogP contribution < -0.4 is 14.2 Å². The maximum Gasteiger partial charge on any atom is 0.344 e. The molecule has 1 heterocycles. The van der Waals surface area contributed by atoms with E-state index in [0.29, 0.717) is 28.4 Å². The number of ketones is 1. The van der Waals surface area contributed by atoms with Gasteiger partial charge in [-0.2, -0.15) is 4.98 Å². The Morgan fingerprint density at radius 2 is 1.87 bits per heavy atom. The third-order valence-electron chi connectivity index (χ3n) is 4.07. The number of rotatable bonds is 9. The van der Waals surface area contributed by atoms with E-state index in [1.807, 2.05) is 0 Å². The first-order valence-electron chi connectivity index (χ1n) is 8.94. The Labute approximate surface area is 172 Å². The highest BCUT2D eigenvalue weighted by Crippen LogP contribution is 2.31. The largest absolute Gasteiger partial charge is 0.497 e. The Hall–Kier alpha value is -3.88. The lowest BCUT2D eigenvalue weighted by Crippen LogP contribution is -2.15. The van der Waals surface area contributed by atoms with E-state index < -0.39 is 5.97 Å².